The molecular formula is C9H21N3O2S. The van der Waals surface area contributed by atoms with Gasteiger partial charge in [-0.3, -0.25) is 0 Å². The monoisotopic (exact) mass is 235 g/mol. The highest BCUT2D eigenvalue weighted by Gasteiger charge is 2.27. The van der Waals surface area contributed by atoms with Crippen molar-refractivity contribution < 1.29 is 8.42 Å². The van der Waals surface area contributed by atoms with Crippen molar-refractivity contribution in [3.05, 3.63) is 0 Å². The van der Waals surface area contributed by atoms with Gasteiger partial charge in [-0.2, -0.15) is 17.4 Å². The van der Waals surface area contributed by atoms with E-state index in [9.17, 15) is 8.42 Å². The lowest BCUT2D eigenvalue weighted by molar-refractivity contribution is 0.292. The Bertz CT molecular complexity index is 284. The maximum Gasteiger partial charge on any atom is 0.279 e. The quantitative estimate of drug-likeness (QED) is 0.716. The maximum absolute atomic E-state index is 11.8. The summed E-state index contributed by atoms with van der Waals surface area (Å²) in [5.74, 6) is 0. The van der Waals surface area contributed by atoms with Crippen LogP contribution in [0.5, 0.6) is 0 Å². The molecule has 1 heterocycles. The van der Waals surface area contributed by atoms with Crippen LogP contribution in [-0.4, -0.2) is 44.9 Å². The fourth-order valence-electron chi connectivity index (χ4n) is 1.75. The molecule has 5 nitrogen and oxygen atoms in total. The summed E-state index contributed by atoms with van der Waals surface area (Å²) in [5, 5.41) is 3.22. The molecule has 1 fully saturated rings. The average Bonchev–Trinajstić information content (AvgIpc) is 2.16. The third-order valence-electron chi connectivity index (χ3n) is 2.59. The predicted molar refractivity (Wildman–Crippen MR) is 60.8 cm³/mol. The molecule has 0 unspecified atom stereocenters. The van der Waals surface area contributed by atoms with Gasteiger partial charge in [-0.1, -0.05) is 0 Å². The van der Waals surface area contributed by atoms with Gasteiger partial charge < -0.3 is 5.32 Å². The molecule has 0 saturated carbocycles. The molecule has 6 heteroatoms. The number of hydrogen-bond donors (Lipinski definition) is 2. The second-order valence-corrected chi connectivity index (χ2v) is 6.04. The van der Waals surface area contributed by atoms with Gasteiger partial charge in [-0.25, -0.2) is 0 Å². The Kier molecular flexibility index (Phi) is 4.51. The first-order valence-corrected chi connectivity index (χ1v) is 6.83. The number of nitrogens with zero attached hydrogens (tertiary/aromatic N) is 1. The van der Waals surface area contributed by atoms with E-state index in [4.69, 9.17) is 0 Å². The Morgan fingerprint density at radius 3 is 2.33 bits per heavy atom. The molecule has 1 rings (SSSR count). The molecule has 0 amide bonds. The van der Waals surface area contributed by atoms with Crippen LogP contribution < -0.4 is 10.0 Å². The van der Waals surface area contributed by atoms with Crippen LogP contribution in [0.15, 0.2) is 0 Å². The molecule has 0 radical (unpaired) electrons. The zero-order chi connectivity index (χ0) is 11.5. The smallest absolute Gasteiger partial charge is 0.279 e. The molecule has 0 bridgehead atoms. The number of rotatable bonds is 4. The van der Waals surface area contributed by atoms with E-state index in [1.165, 1.54) is 4.31 Å². The van der Waals surface area contributed by atoms with E-state index in [2.05, 4.69) is 10.0 Å². The van der Waals surface area contributed by atoms with Crippen LogP contribution in [0.1, 0.15) is 26.7 Å². The highest BCUT2D eigenvalue weighted by Crippen LogP contribution is 2.12. The van der Waals surface area contributed by atoms with Crippen molar-refractivity contribution in [3.8, 4) is 0 Å². The molecule has 0 aromatic rings. The minimum Gasteiger partial charge on any atom is -0.317 e. The molecule has 0 aliphatic carbocycles. The van der Waals surface area contributed by atoms with Gasteiger partial charge in [0.1, 0.15) is 0 Å². The fourth-order valence-corrected chi connectivity index (χ4v) is 3.11. The van der Waals surface area contributed by atoms with Gasteiger partial charge in [0.05, 0.1) is 0 Å². The summed E-state index contributed by atoms with van der Waals surface area (Å²) in [6.07, 6.45) is 1.77. The number of hydrogen-bond acceptors (Lipinski definition) is 3. The first kappa shape index (κ1) is 12.9. The number of piperidine rings is 1. The zero-order valence-electron chi connectivity index (χ0n) is 9.66. The topological polar surface area (TPSA) is 61.4 Å². The van der Waals surface area contributed by atoms with Crippen LogP contribution in [0.25, 0.3) is 0 Å². The third kappa shape index (κ3) is 3.71. The molecule has 1 aliphatic heterocycles. The predicted octanol–water partition coefficient (Wildman–Crippen LogP) is -0.0870. The van der Waals surface area contributed by atoms with Crippen LogP contribution >= 0.6 is 0 Å². The molecule has 90 valence electrons. The Hall–Kier alpha value is -0.170. The summed E-state index contributed by atoms with van der Waals surface area (Å²) >= 11 is 0. The second kappa shape index (κ2) is 5.25. The lowest BCUT2D eigenvalue weighted by atomic mass is 10.1. The molecule has 0 aromatic heterocycles. The van der Waals surface area contributed by atoms with Crippen molar-refractivity contribution in [1.29, 1.82) is 0 Å². The average molecular weight is 235 g/mol. The van der Waals surface area contributed by atoms with Crippen LogP contribution in [0.3, 0.4) is 0 Å². The summed E-state index contributed by atoms with van der Waals surface area (Å²) < 4.78 is 27.7. The first-order valence-electron chi connectivity index (χ1n) is 5.39. The van der Waals surface area contributed by atoms with Crippen molar-refractivity contribution >= 4 is 10.2 Å². The normalized spacial score (nSPS) is 20.1. The van der Waals surface area contributed by atoms with E-state index in [1.807, 2.05) is 13.8 Å². The van der Waals surface area contributed by atoms with Crippen LogP contribution in [0, 0.1) is 0 Å². The summed E-state index contributed by atoms with van der Waals surface area (Å²) in [6.45, 7) is 5.44. The SMILES string of the molecule is CC(C)NS(=O)(=O)N(C)C1CCNCC1. The van der Waals surface area contributed by atoms with E-state index in [0.29, 0.717) is 0 Å². The van der Waals surface area contributed by atoms with Crippen LogP contribution in [-0.2, 0) is 10.2 Å². The molecule has 0 spiro atoms. The van der Waals surface area contributed by atoms with E-state index >= 15 is 0 Å². The van der Waals surface area contributed by atoms with Crippen molar-refractivity contribution in [2.75, 3.05) is 20.1 Å². The van der Waals surface area contributed by atoms with Crippen molar-refractivity contribution in [2.45, 2.75) is 38.8 Å². The van der Waals surface area contributed by atoms with Gasteiger partial charge in [0.25, 0.3) is 10.2 Å². The third-order valence-corrected chi connectivity index (χ3v) is 4.41. The minimum absolute atomic E-state index is 0.0563. The molecule has 1 aliphatic rings. The largest absolute Gasteiger partial charge is 0.317 e. The molecular weight excluding hydrogens is 214 g/mol. The Labute approximate surface area is 92.4 Å². The first-order chi connectivity index (χ1) is 6.93. The molecule has 0 atom stereocenters. The summed E-state index contributed by atoms with van der Waals surface area (Å²) in [5.41, 5.74) is 0. The second-order valence-electron chi connectivity index (χ2n) is 4.27. The van der Waals surface area contributed by atoms with Crippen molar-refractivity contribution in [3.63, 3.8) is 0 Å². The lowest BCUT2D eigenvalue weighted by Crippen LogP contribution is -2.49. The minimum atomic E-state index is -3.30. The van der Waals surface area contributed by atoms with Gasteiger partial charge >= 0.3 is 0 Å². The summed E-state index contributed by atoms with van der Waals surface area (Å²) in [7, 11) is -1.65. The van der Waals surface area contributed by atoms with Crippen molar-refractivity contribution in [2.24, 2.45) is 0 Å². The molecule has 1 saturated heterocycles. The highest BCUT2D eigenvalue weighted by atomic mass is 32.2. The van der Waals surface area contributed by atoms with Gasteiger partial charge in [-0.05, 0) is 39.8 Å². The summed E-state index contributed by atoms with van der Waals surface area (Å²) in [6, 6.07) is 0.0710. The van der Waals surface area contributed by atoms with Gasteiger partial charge in [0.2, 0.25) is 0 Å². The Balaban J connectivity index is 2.61. The number of nitrogens with one attached hydrogen (secondary N) is 2. The Morgan fingerprint density at radius 1 is 1.33 bits per heavy atom. The zero-order valence-corrected chi connectivity index (χ0v) is 10.5. The van der Waals surface area contributed by atoms with Gasteiger partial charge in [-0.15, -0.1) is 0 Å². The highest BCUT2D eigenvalue weighted by molar-refractivity contribution is 7.87. The van der Waals surface area contributed by atoms with E-state index in [0.717, 1.165) is 25.9 Å². The Morgan fingerprint density at radius 2 is 1.87 bits per heavy atom. The van der Waals surface area contributed by atoms with Crippen LogP contribution in [0.2, 0.25) is 0 Å². The van der Waals surface area contributed by atoms with E-state index in [1.54, 1.807) is 7.05 Å². The van der Waals surface area contributed by atoms with Crippen molar-refractivity contribution in [1.82, 2.24) is 14.3 Å². The van der Waals surface area contributed by atoms with E-state index < -0.39 is 10.2 Å². The fraction of sp³-hybridized carbons (Fsp3) is 1.00. The van der Waals surface area contributed by atoms with Gasteiger partial charge in [0, 0.05) is 19.1 Å². The molecule has 15 heavy (non-hydrogen) atoms. The standard InChI is InChI=1S/C9H21N3O2S/c1-8(2)11-15(13,14)12(3)9-4-6-10-7-5-9/h8-11H,4-7H2,1-3H3. The molecule has 0 aromatic carbocycles. The van der Waals surface area contributed by atoms with Crippen LogP contribution in [0.4, 0.5) is 0 Å². The molecule has 2 N–H and O–H groups in total. The van der Waals surface area contributed by atoms with E-state index in [-0.39, 0.29) is 12.1 Å². The van der Waals surface area contributed by atoms with Gasteiger partial charge in [0.15, 0.2) is 0 Å². The summed E-state index contributed by atoms with van der Waals surface area (Å²) in [4.78, 5) is 0. The maximum atomic E-state index is 11.8. The lowest BCUT2D eigenvalue weighted by Gasteiger charge is -2.31.